The first kappa shape index (κ1) is 18.2. The molecule has 2 aliphatic rings. The van der Waals surface area contributed by atoms with Gasteiger partial charge >= 0.3 is 6.09 Å². The highest BCUT2D eigenvalue weighted by Crippen LogP contribution is 2.59. The zero-order valence-electron chi connectivity index (χ0n) is 14.7. The average molecular weight is 336 g/mol. The lowest BCUT2D eigenvalue weighted by molar-refractivity contribution is -0.122. The zero-order valence-corrected chi connectivity index (χ0v) is 14.7. The van der Waals surface area contributed by atoms with Crippen molar-refractivity contribution in [3.8, 4) is 0 Å². The number of nitrogens with one attached hydrogen (secondary N) is 1. The number of nitrogens with zero attached hydrogens (tertiary/aromatic N) is 1. The molecule has 7 nitrogen and oxygen atoms in total. The van der Waals surface area contributed by atoms with Crippen molar-refractivity contribution >= 4 is 12.0 Å². The molecular weight excluding hydrogens is 308 g/mol. The Balaban J connectivity index is 1.83. The number of nitrogens with two attached hydrogens (primary N) is 2. The minimum Gasteiger partial charge on any atom is -0.444 e. The van der Waals surface area contributed by atoms with Crippen LogP contribution in [-0.4, -0.2) is 35.6 Å². The molecule has 1 aliphatic heterocycles. The van der Waals surface area contributed by atoms with Gasteiger partial charge in [0.05, 0.1) is 0 Å². The highest BCUT2D eigenvalue weighted by molar-refractivity contribution is 5.84. The number of piperidine rings is 1. The molecular formula is C17H28N4O3. The Bertz CT molecular complexity index is 555. The molecule has 0 aromatic rings. The molecule has 0 aromatic carbocycles. The number of amides is 2. The number of allylic oxidation sites excluding steroid dienone is 2. The van der Waals surface area contributed by atoms with Gasteiger partial charge < -0.3 is 26.4 Å². The van der Waals surface area contributed by atoms with Gasteiger partial charge in [0, 0.05) is 19.0 Å². The number of ether oxygens (including phenoxy) is 1. The van der Waals surface area contributed by atoms with E-state index in [0.29, 0.717) is 13.1 Å². The van der Waals surface area contributed by atoms with E-state index in [2.05, 4.69) is 5.32 Å². The Morgan fingerprint density at radius 3 is 2.46 bits per heavy atom. The van der Waals surface area contributed by atoms with Gasteiger partial charge in [-0.2, -0.15) is 0 Å². The first-order chi connectivity index (χ1) is 11.2. The number of hydrogen-bond acceptors (Lipinski definition) is 5. The summed E-state index contributed by atoms with van der Waals surface area (Å²) < 4.78 is 5.40. The van der Waals surface area contributed by atoms with Crippen molar-refractivity contribution in [1.29, 1.82) is 0 Å². The minimum absolute atomic E-state index is 0.00653. The van der Waals surface area contributed by atoms with Crippen LogP contribution in [0.1, 0.15) is 40.0 Å². The van der Waals surface area contributed by atoms with Crippen LogP contribution in [0.4, 0.5) is 4.79 Å². The van der Waals surface area contributed by atoms with Crippen molar-refractivity contribution < 1.29 is 14.3 Å². The zero-order chi connectivity index (χ0) is 18.0. The van der Waals surface area contributed by atoms with Crippen molar-refractivity contribution in [3.63, 3.8) is 0 Å². The fourth-order valence-electron chi connectivity index (χ4n) is 3.16. The quantitative estimate of drug-likeness (QED) is 0.675. The van der Waals surface area contributed by atoms with Crippen molar-refractivity contribution in [1.82, 2.24) is 10.2 Å². The summed E-state index contributed by atoms with van der Waals surface area (Å²) >= 11 is 0. The Kier molecular flexibility index (Phi) is 5.11. The van der Waals surface area contributed by atoms with Crippen molar-refractivity contribution in [2.45, 2.75) is 45.6 Å². The maximum atomic E-state index is 12.3. The number of likely N-dealkylation sites (tertiary alicyclic amines) is 1. The molecule has 1 atom stereocenters. The number of carbonyl (C=O) groups is 2. The van der Waals surface area contributed by atoms with Crippen LogP contribution in [-0.2, 0) is 9.53 Å². The smallest absolute Gasteiger partial charge is 0.410 e. The Morgan fingerprint density at radius 2 is 1.92 bits per heavy atom. The highest BCUT2D eigenvalue weighted by Gasteiger charge is 2.58. The van der Waals surface area contributed by atoms with Crippen LogP contribution in [0.25, 0.3) is 0 Å². The second-order valence-electron chi connectivity index (χ2n) is 7.58. The minimum atomic E-state index is -0.490. The molecule has 24 heavy (non-hydrogen) atoms. The van der Waals surface area contributed by atoms with E-state index >= 15 is 0 Å². The molecule has 0 radical (unpaired) electrons. The first-order valence-electron chi connectivity index (χ1n) is 8.30. The maximum absolute atomic E-state index is 12.3. The lowest BCUT2D eigenvalue weighted by Gasteiger charge is -2.34. The molecule has 1 heterocycles. The topological polar surface area (TPSA) is 111 Å². The number of carbonyl (C=O) groups excluding carboxylic acids is 2. The van der Waals surface area contributed by atoms with E-state index in [1.165, 1.54) is 6.20 Å². The van der Waals surface area contributed by atoms with Gasteiger partial charge in [-0.1, -0.05) is 0 Å². The SMILES string of the molecule is CC(C)(C)OC(=O)N1CCC2(CC1)CC2C(=O)N/C(N)=C/C=C\N. The van der Waals surface area contributed by atoms with E-state index in [4.69, 9.17) is 16.2 Å². The van der Waals surface area contributed by atoms with Gasteiger partial charge in [-0.15, -0.1) is 0 Å². The third-order valence-electron chi connectivity index (χ3n) is 4.57. The summed E-state index contributed by atoms with van der Waals surface area (Å²) in [7, 11) is 0. The summed E-state index contributed by atoms with van der Waals surface area (Å²) in [6.45, 7) is 6.82. The molecule has 5 N–H and O–H groups in total. The van der Waals surface area contributed by atoms with Crippen LogP contribution in [0.5, 0.6) is 0 Å². The van der Waals surface area contributed by atoms with E-state index in [1.807, 2.05) is 20.8 Å². The molecule has 2 rings (SSSR count). The van der Waals surface area contributed by atoms with Gasteiger partial charge in [0.1, 0.15) is 11.4 Å². The predicted octanol–water partition coefficient (Wildman–Crippen LogP) is 1.41. The molecule has 1 unspecified atom stereocenters. The van der Waals surface area contributed by atoms with Crippen molar-refractivity contribution in [2.24, 2.45) is 22.8 Å². The molecule has 0 bridgehead atoms. The molecule has 1 saturated carbocycles. The van der Waals surface area contributed by atoms with Crippen LogP contribution < -0.4 is 16.8 Å². The summed E-state index contributed by atoms with van der Waals surface area (Å²) in [6.07, 6.45) is 6.67. The summed E-state index contributed by atoms with van der Waals surface area (Å²) in [5, 5.41) is 2.70. The van der Waals surface area contributed by atoms with Gasteiger partial charge in [-0.05, 0) is 63.8 Å². The summed E-state index contributed by atoms with van der Waals surface area (Å²) in [5.74, 6) is 0.196. The van der Waals surface area contributed by atoms with Crippen LogP contribution in [0, 0.1) is 11.3 Å². The normalized spacial score (nSPS) is 23.4. The van der Waals surface area contributed by atoms with Crippen LogP contribution in [0.2, 0.25) is 0 Å². The van der Waals surface area contributed by atoms with Gasteiger partial charge in [-0.3, -0.25) is 4.79 Å². The van der Waals surface area contributed by atoms with Crippen molar-refractivity contribution in [2.75, 3.05) is 13.1 Å². The molecule has 1 spiro atoms. The second-order valence-corrected chi connectivity index (χ2v) is 7.58. The molecule has 1 saturated heterocycles. The standard InChI is InChI=1S/C17H28N4O3/c1-16(2,3)24-15(23)21-9-6-17(7-10-21)11-12(17)14(22)20-13(19)5-4-8-18/h4-5,8,12H,6-7,9-11,18-19H2,1-3H3,(H,20,22)/b8-4-,13-5+. The van der Waals surface area contributed by atoms with Crippen LogP contribution >= 0.6 is 0 Å². The lowest BCUT2D eigenvalue weighted by atomic mass is 9.91. The maximum Gasteiger partial charge on any atom is 0.410 e. The molecule has 7 heteroatoms. The second kappa shape index (κ2) is 6.75. The number of hydrogen-bond donors (Lipinski definition) is 3. The highest BCUT2D eigenvalue weighted by atomic mass is 16.6. The van der Waals surface area contributed by atoms with E-state index in [0.717, 1.165) is 19.3 Å². The fraction of sp³-hybridized carbons (Fsp3) is 0.647. The van der Waals surface area contributed by atoms with Gasteiger partial charge in [-0.25, -0.2) is 4.79 Å². The van der Waals surface area contributed by atoms with Gasteiger partial charge in [0.2, 0.25) is 5.91 Å². The fourth-order valence-corrected chi connectivity index (χ4v) is 3.16. The first-order valence-corrected chi connectivity index (χ1v) is 8.30. The average Bonchev–Trinajstić information content (AvgIpc) is 3.17. The van der Waals surface area contributed by atoms with Crippen molar-refractivity contribution in [3.05, 3.63) is 24.2 Å². The van der Waals surface area contributed by atoms with Gasteiger partial charge in [0.25, 0.3) is 0 Å². The molecule has 2 fully saturated rings. The Hall–Kier alpha value is -2.18. The van der Waals surface area contributed by atoms with E-state index in [-0.39, 0.29) is 29.2 Å². The Morgan fingerprint density at radius 1 is 1.29 bits per heavy atom. The summed E-state index contributed by atoms with van der Waals surface area (Å²) in [5.41, 5.74) is 10.5. The lowest BCUT2D eigenvalue weighted by Crippen LogP contribution is -2.43. The van der Waals surface area contributed by atoms with Crippen LogP contribution in [0.3, 0.4) is 0 Å². The van der Waals surface area contributed by atoms with Gasteiger partial charge in [0.15, 0.2) is 0 Å². The van der Waals surface area contributed by atoms with E-state index < -0.39 is 5.60 Å². The molecule has 0 aromatic heterocycles. The molecule has 134 valence electrons. The monoisotopic (exact) mass is 336 g/mol. The third kappa shape index (κ3) is 4.43. The predicted molar refractivity (Wildman–Crippen MR) is 91.3 cm³/mol. The third-order valence-corrected chi connectivity index (χ3v) is 4.57. The summed E-state index contributed by atoms with van der Waals surface area (Å²) in [6, 6.07) is 0. The Labute approximate surface area is 143 Å². The number of rotatable bonds is 3. The van der Waals surface area contributed by atoms with E-state index in [1.54, 1.807) is 17.1 Å². The molecule has 2 amide bonds. The van der Waals surface area contributed by atoms with Crippen LogP contribution in [0.15, 0.2) is 24.2 Å². The largest absolute Gasteiger partial charge is 0.444 e. The summed E-state index contributed by atoms with van der Waals surface area (Å²) in [4.78, 5) is 26.1. The molecule has 1 aliphatic carbocycles. The van der Waals surface area contributed by atoms with E-state index in [9.17, 15) is 9.59 Å².